The lowest BCUT2D eigenvalue weighted by Crippen LogP contribution is -2.09. The lowest BCUT2D eigenvalue weighted by molar-refractivity contribution is 0.311. The average molecular weight is 153 g/mol. The minimum absolute atomic E-state index is 0.995. The van der Waals surface area contributed by atoms with Gasteiger partial charge in [-0.1, -0.05) is 58.8 Å². The minimum atomic E-state index is 0.995. The minimum Gasteiger partial charge on any atom is -0.0651 e. The zero-order valence-corrected chi connectivity index (χ0v) is 7.81. The molecule has 65 valence electrons. The van der Waals surface area contributed by atoms with Gasteiger partial charge in [-0.2, -0.15) is 0 Å². The van der Waals surface area contributed by atoms with Gasteiger partial charge in [0.05, 0.1) is 0 Å². The van der Waals surface area contributed by atoms with Crippen molar-refractivity contribution in [3.8, 4) is 0 Å². The first-order chi connectivity index (χ1) is 5.38. The maximum atomic E-state index is 3.94. The van der Waals surface area contributed by atoms with Crippen molar-refractivity contribution in [2.45, 2.75) is 51.9 Å². The summed E-state index contributed by atoms with van der Waals surface area (Å²) in [5.74, 6) is 2.05. The molecular formula is C11H21. The summed E-state index contributed by atoms with van der Waals surface area (Å²) in [5.41, 5.74) is 0. The van der Waals surface area contributed by atoms with Crippen LogP contribution in [0.4, 0.5) is 0 Å². The Morgan fingerprint density at radius 1 is 1.36 bits per heavy atom. The van der Waals surface area contributed by atoms with Gasteiger partial charge >= 0.3 is 0 Å². The Bertz CT molecular complexity index is 90.2. The third-order valence-electron chi connectivity index (χ3n) is 3.17. The van der Waals surface area contributed by atoms with Gasteiger partial charge in [0.2, 0.25) is 0 Å². The zero-order chi connectivity index (χ0) is 8.10. The van der Waals surface area contributed by atoms with Gasteiger partial charge in [-0.3, -0.25) is 0 Å². The van der Waals surface area contributed by atoms with Crippen molar-refractivity contribution in [2.75, 3.05) is 0 Å². The van der Waals surface area contributed by atoms with Crippen LogP contribution < -0.4 is 0 Å². The molecule has 0 spiro atoms. The Morgan fingerprint density at radius 2 is 2.00 bits per heavy atom. The molecule has 1 aliphatic rings. The maximum absolute atomic E-state index is 3.94. The molecule has 0 saturated heterocycles. The summed E-state index contributed by atoms with van der Waals surface area (Å²) >= 11 is 0. The number of rotatable bonds is 4. The van der Waals surface area contributed by atoms with E-state index in [0.29, 0.717) is 0 Å². The summed E-state index contributed by atoms with van der Waals surface area (Å²) in [6, 6.07) is 0. The summed E-state index contributed by atoms with van der Waals surface area (Å²) in [4.78, 5) is 0. The molecule has 1 radical (unpaired) electrons. The van der Waals surface area contributed by atoms with Crippen molar-refractivity contribution in [1.82, 2.24) is 0 Å². The van der Waals surface area contributed by atoms with Crippen LogP contribution in [0.3, 0.4) is 0 Å². The van der Waals surface area contributed by atoms with E-state index in [1.807, 2.05) is 0 Å². The highest BCUT2D eigenvalue weighted by Crippen LogP contribution is 2.35. The molecule has 0 N–H and O–H groups in total. The van der Waals surface area contributed by atoms with Crippen molar-refractivity contribution >= 4 is 0 Å². The van der Waals surface area contributed by atoms with Crippen LogP contribution in [0.15, 0.2) is 0 Å². The van der Waals surface area contributed by atoms with Gasteiger partial charge in [0, 0.05) is 0 Å². The van der Waals surface area contributed by atoms with Crippen molar-refractivity contribution in [3.05, 3.63) is 6.92 Å². The molecule has 1 unspecified atom stereocenters. The van der Waals surface area contributed by atoms with Crippen molar-refractivity contribution < 1.29 is 0 Å². The second kappa shape index (κ2) is 4.79. The highest BCUT2D eigenvalue weighted by atomic mass is 14.3. The van der Waals surface area contributed by atoms with Crippen LogP contribution in [-0.2, 0) is 0 Å². The fraction of sp³-hybridized carbons (Fsp3) is 0.909. The van der Waals surface area contributed by atoms with Crippen LogP contribution in [0, 0.1) is 18.8 Å². The second-order valence-electron chi connectivity index (χ2n) is 3.86. The van der Waals surface area contributed by atoms with Crippen LogP contribution in [0.25, 0.3) is 0 Å². The Balaban J connectivity index is 2.27. The van der Waals surface area contributed by atoms with Crippen LogP contribution in [-0.4, -0.2) is 0 Å². The van der Waals surface area contributed by atoms with Gasteiger partial charge in [-0.25, -0.2) is 0 Å². The number of hydrogen-bond donors (Lipinski definition) is 0. The summed E-state index contributed by atoms with van der Waals surface area (Å²) in [6.07, 6.45) is 9.84. The van der Waals surface area contributed by atoms with Crippen LogP contribution in [0.2, 0.25) is 0 Å². The predicted octanol–water partition coefficient (Wildman–Crippen LogP) is 3.82. The molecule has 11 heavy (non-hydrogen) atoms. The molecule has 0 amide bonds. The lowest BCUT2D eigenvalue weighted by Gasteiger charge is -2.20. The quantitative estimate of drug-likeness (QED) is 0.576. The van der Waals surface area contributed by atoms with Crippen LogP contribution in [0.1, 0.15) is 51.9 Å². The molecule has 0 aromatic carbocycles. The fourth-order valence-electron chi connectivity index (χ4n) is 2.46. The molecule has 0 heteroatoms. The predicted molar refractivity (Wildman–Crippen MR) is 50.3 cm³/mol. The van der Waals surface area contributed by atoms with E-state index in [4.69, 9.17) is 0 Å². The topological polar surface area (TPSA) is 0 Å². The summed E-state index contributed by atoms with van der Waals surface area (Å²) in [7, 11) is 0. The van der Waals surface area contributed by atoms with Gasteiger partial charge in [0.15, 0.2) is 0 Å². The molecule has 0 nitrogen and oxygen atoms in total. The monoisotopic (exact) mass is 153 g/mol. The van der Waals surface area contributed by atoms with E-state index in [0.717, 1.165) is 18.3 Å². The van der Waals surface area contributed by atoms with Gasteiger partial charge in [-0.05, 0) is 11.8 Å². The largest absolute Gasteiger partial charge is 0.0651 e. The van der Waals surface area contributed by atoms with E-state index >= 15 is 0 Å². The summed E-state index contributed by atoms with van der Waals surface area (Å²) < 4.78 is 0. The molecule has 0 aromatic rings. The van der Waals surface area contributed by atoms with E-state index in [1.54, 1.807) is 0 Å². The lowest BCUT2D eigenvalue weighted by atomic mass is 9.85. The van der Waals surface area contributed by atoms with Crippen LogP contribution >= 0.6 is 0 Å². The highest BCUT2D eigenvalue weighted by molar-refractivity contribution is 4.74. The molecule has 0 aromatic heterocycles. The third-order valence-corrected chi connectivity index (χ3v) is 3.17. The third kappa shape index (κ3) is 2.50. The Hall–Kier alpha value is 0. The first-order valence-electron chi connectivity index (χ1n) is 5.17. The highest BCUT2D eigenvalue weighted by Gasteiger charge is 2.22. The molecule has 1 rings (SSSR count). The van der Waals surface area contributed by atoms with Crippen LogP contribution in [0.5, 0.6) is 0 Å². The van der Waals surface area contributed by atoms with Gasteiger partial charge in [0.1, 0.15) is 0 Å². The molecular weight excluding hydrogens is 132 g/mol. The number of hydrogen-bond acceptors (Lipinski definition) is 0. The Kier molecular flexibility index (Phi) is 3.96. The SMILES string of the molecule is [CH2]CCC(CC)C1CCCC1. The first kappa shape index (κ1) is 9.09. The van der Waals surface area contributed by atoms with Gasteiger partial charge in [0.25, 0.3) is 0 Å². The van der Waals surface area contributed by atoms with Gasteiger partial charge < -0.3 is 0 Å². The van der Waals surface area contributed by atoms with E-state index in [9.17, 15) is 0 Å². The van der Waals surface area contributed by atoms with Crippen molar-refractivity contribution in [1.29, 1.82) is 0 Å². The normalized spacial score (nSPS) is 22.4. The standard InChI is InChI=1S/C11H21/c1-3-7-10(4-2)11-8-5-6-9-11/h10-11H,1,3-9H2,2H3. The van der Waals surface area contributed by atoms with E-state index in [1.165, 1.54) is 38.5 Å². The Labute approximate surface area is 71.4 Å². The molecule has 1 fully saturated rings. The summed E-state index contributed by atoms with van der Waals surface area (Å²) in [6.45, 7) is 6.28. The van der Waals surface area contributed by atoms with Crippen molar-refractivity contribution in [2.24, 2.45) is 11.8 Å². The van der Waals surface area contributed by atoms with E-state index < -0.39 is 0 Å². The van der Waals surface area contributed by atoms with Gasteiger partial charge in [-0.15, -0.1) is 0 Å². The zero-order valence-electron chi connectivity index (χ0n) is 7.81. The fourth-order valence-corrected chi connectivity index (χ4v) is 2.46. The van der Waals surface area contributed by atoms with E-state index in [-0.39, 0.29) is 0 Å². The smallest absolute Gasteiger partial charge is 0.0386 e. The summed E-state index contributed by atoms with van der Waals surface area (Å²) in [5, 5.41) is 0. The second-order valence-corrected chi connectivity index (χ2v) is 3.86. The molecule has 0 bridgehead atoms. The molecule has 0 heterocycles. The van der Waals surface area contributed by atoms with Crippen molar-refractivity contribution in [3.63, 3.8) is 0 Å². The molecule has 1 atom stereocenters. The Morgan fingerprint density at radius 3 is 2.45 bits per heavy atom. The first-order valence-corrected chi connectivity index (χ1v) is 5.17. The molecule has 1 aliphatic carbocycles. The average Bonchev–Trinajstić information content (AvgIpc) is 2.52. The van der Waals surface area contributed by atoms with E-state index in [2.05, 4.69) is 13.8 Å². The molecule has 0 aliphatic heterocycles. The maximum Gasteiger partial charge on any atom is -0.0386 e. The molecule has 1 saturated carbocycles.